The Morgan fingerprint density at radius 3 is 2.44 bits per heavy atom. The van der Waals surface area contributed by atoms with E-state index in [4.69, 9.17) is 0 Å². The second kappa shape index (κ2) is 7.16. The van der Waals surface area contributed by atoms with E-state index >= 15 is 0 Å². The van der Waals surface area contributed by atoms with Gasteiger partial charge in [-0.1, -0.05) is 13.8 Å². The average molecular weight is 251 g/mol. The van der Waals surface area contributed by atoms with Crippen LogP contribution in [0.4, 0.5) is 11.6 Å². The summed E-state index contributed by atoms with van der Waals surface area (Å²) >= 11 is 0. The molecule has 1 heterocycles. The first-order chi connectivity index (χ1) is 8.56. The number of hydrogen-bond donors (Lipinski definition) is 2. The normalized spacial score (nSPS) is 11.1. The van der Waals surface area contributed by atoms with Crippen LogP contribution >= 0.6 is 0 Å². The van der Waals surface area contributed by atoms with E-state index in [9.17, 15) is 0 Å². The van der Waals surface area contributed by atoms with Gasteiger partial charge in [0.25, 0.3) is 0 Å². The zero-order chi connectivity index (χ0) is 13.5. The number of nitrogens with zero attached hydrogens (tertiary/aromatic N) is 3. The Hall–Kier alpha value is -1.36. The maximum Gasteiger partial charge on any atom is 0.134 e. The molecule has 1 aromatic heterocycles. The number of hydrogen-bond acceptors (Lipinski definition) is 5. The summed E-state index contributed by atoms with van der Waals surface area (Å²) in [5, 5.41) is 6.53. The van der Waals surface area contributed by atoms with Crippen molar-refractivity contribution < 1.29 is 0 Å². The van der Waals surface area contributed by atoms with Crippen molar-refractivity contribution in [1.82, 2.24) is 14.9 Å². The zero-order valence-electron chi connectivity index (χ0n) is 12.1. The second-order valence-corrected chi connectivity index (χ2v) is 4.97. The quantitative estimate of drug-likeness (QED) is 0.726. The molecule has 0 saturated heterocycles. The van der Waals surface area contributed by atoms with Crippen LogP contribution in [0.1, 0.15) is 31.7 Å². The van der Waals surface area contributed by atoms with Gasteiger partial charge in [0.05, 0.1) is 0 Å². The van der Waals surface area contributed by atoms with Gasteiger partial charge < -0.3 is 15.5 Å². The summed E-state index contributed by atoms with van der Waals surface area (Å²) in [5.41, 5.74) is 1.16. The Bertz CT molecular complexity index is 362. The minimum atomic E-state index is 0.394. The van der Waals surface area contributed by atoms with E-state index in [1.165, 1.54) is 0 Å². The van der Waals surface area contributed by atoms with Gasteiger partial charge >= 0.3 is 0 Å². The molecule has 0 saturated carbocycles. The standard InChI is InChI=1S/C13H25N5/c1-10(2)11-12(14-3)16-9-17-13(11)15-7-6-8-18(4)5/h9-10H,6-8H2,1-5H3,(H2,14,15,16,17). The molecule has 0 aliphatic heterocycles. The Balaban J connectivity index is 2.69. The van der Waals surface area contributed by atoms with Crippen molar-refractivity contribution in [3.8, 4) is 0 Å². The first-order valence-electron chi connectivity index (χ1n) is 6.47. The van der Waals surface area contributed by atoms with E-state index in [-0.39, 0.29) is 0 Å². The van der Waals surface area contributed by atoms with Gasteiger partial charge in [-0.05, 0) is 33.0 Å². The lowest BCUT2D eigenvalue weighted by molar-refractivity contribution is 0.405. The molecule has 1 aromatic rings. The molecule has 5 heteroatoms. The number of nitrogens with one attached hydrogen (secondary N) is 2. The Kier molecular flexibility index (Phi) is 5.85. The van der Waals surface area contributed by atoms with Crippen molar-refractivity contribution >= 4 is 11.6 Å². The van der Waals surface area contributed by atoms with Gasteiger partial charge in [0, 0.05) is 19.2 Å². The number of rotatable bonds is 7. The summed E-state index contributed by atoms with van der Waals surface area (Å²) in [6.45, 7) is 6.32. The second-order valence-electron chi connectivity index (χ2n) is 4.97. The summed E-state index contributed by atoms with van der Waals surface area (Å²) < 4.78 is 0. The molecular weight excluding hydrogens is 226 g/mol. The lowest BCUT2D eigenvalue weighted by atomic mass is 10.0. The third-order valence-corrected chi connectivity index (χ3v) is 2.77. The molecule has 0 aromatic carbocycles. The molecule has 0 radical (unpaired) electrons. The molecule has 0 atom stereocenters. The smallest absolute Gasteiger partial charge is 0.134 e. The summed E-state index contributed by atoms with van der Waals surface area (Å²) in [6.07, 6.45) is 2.70. The van der Waals surface area contributed by atoms with E-state index < -0.39 is 0 Å². The molecule has 2 N–H and O–H groups in total. The molecule has 0 spiro atoms. The topological polar surface area (TPSA) is 53.1 Å². The fraction of sp³-hybridized carbons (Fsp3) is 0.692. The van der Waals surface area contributed by atoms with Crippen LogP contribution in [-0.4, -0.2) is 49.1 Å². The van der Waals surface area contributed by atoms with Crippen LogP contribution in [0.3, 0.4) is 0 Å². The Labute approximate surface area is 110 Å². The highest BCUT2D eigenvalue weighted by Crippen LogP contribution is 2.27. The third-order valence-electron chi connectivity index (χ3n) is 2.77. The highest BCUT2D eigenvalue weighted by molar-refractivity contribution is 5.58. The van der Waals surface area contributed by atoms with Crippen molar-refractivity contribution in [2.75, 3.05) is 44.9 Å². The fourth-order valence-electron chi connectivity index (χ4n) is 1.88. The van der Waals surface area contributed by atoms with E-state index in [2.05, 4.69) is 53.4 Å². The fourth-order valence-corrected chi connectivity index (χ4v) is 1.88. The van der Waals surface area contributed by atoms with Crippen molar-refractivity contribution in [2.45, 2.75) is 26.2 Å². The zero-order valence-corrected chi connectivity index (χ0v) is 12.1. The Morgan fingerprint density at radius 2 is 1.89 bits per heavy atom. The van der Waals surface area contributed by atoms with E-state index in [1.807, 2.05) is 7.05 Å². The molecular formula is C13H25N5. The van der Waals surface area contributed by atoms with Gasteiger partial charge in [0.15, 0.2) is 0 Å². The molecule has 0 aliphatic rings. The molecule has 5 nitrogen and oxygen atoms in total. The molecule has 0 amide bonds. The Morgan fingerprint density at radius 1 is 1.22 bits per heavy atom. The summed E-state index contributed by atoms with van der Waals surface area (Å²) in [7, 11) is 6.07. The van der Waals surface area contributed by atoms with Crippen molar-refractivity contribution in [3.63, 3.8) is 0 Å². The van der Waals surface area contributed by atoms with Crippen LogP contribution in [-0.2, 0) is 0 Å². The third kappa shape index (κ3) is 4.14. The SMILES string of the molecule is CNc1ncnc(NCCCN(C)C)c1C(C)C. The van der Waals surface area contributed by atoms with Gasteiger partial charge in [0.2, 0.25) is 0 Å². The van der Waals surface area contributed by atoms with Crippen LogP contribution in [0.25, 0.3) is 0 Å². The maximum atomic E-state index is 4.35. The average Bonchev–Trinajstić information content (AvgIpc) is 2.33. The van der Waals surface area contributed by atoms with Gasteiger partial charge in [-0.2, -0.15) is 0 Å². The minimum Gasteiger partial charge on any atom is -0.373 e. The summed E-state index contributed by atoms with van der Waals surface area (Å²) in [5.74, 6) is 2.25. The predicted octanol–water partition coefficient (Wildman–Crippen LogP) is 2.01. The number of aromatic nitrogens is 2. The molecule has 102 valence electrons. The monoisotopic (exact) mass is 251 g/mol. The van der Waals surface area contributed by atoms with E-state index in [1.54, 1.807) is 6.33 Å². The summed E-state index contributed by atoms with van der Waals surface area (Å²) in [4.78, 5) is 10.8. The van der Waals surface area contributed by atoms with Crippen LogP contribution in [0, 0.1) is 0 Å². The molecule has 0 unspecified atom stereocenters. The first kappa shape index (κ1) is 14.7. The lowest BCUT2D eigenvalue weighted by Gasteiger charge is -2.17. The first-order valence-corrected chi connectivity index (χ1v) is 6.47. The molecule has 1 rings (SSSR count). The molecule has 0 bridgehead atoms. The van der Waals surface area contributed by atoms with Crippen molar-refractivity contribution in [3.05, 3.63) is 11.9 Å². The number of anilines is 2. The van der Waals surface area contributed by atoms with Crippen LogP contribution < -0.4 is 10.6 Å². The van der Waals surface area contributed by atoms with E-state index in [0.717, 1.165) is 36.7 Å². The lowest BCUT2D eigenvalue weighted by Crippen LogP contribution is -2.17. The van der Waals surface area contributed by atoms with Crippen LogP contribution in [0.5, 0.6) is 0 Å². The highest BCUT2D eigenvalue weighted by Gasteiger charge is 2.13. The molecule has 0 fully saturated rings. The van der Waals surface area contributed by atoms with Crippen LogP contribution in [0.15, 0.2) is 6.33 Å². The van der Waals surface area contributed by atoms with Gasteiger partial charge in [-0.25, -0.2) is 9.97 Å². The minimum absolute atomic E-state index is 0.394. The van der Waals surface area contributed by atoms with Gasteiger partial charge in [-0.3, -0.25) is 0 Å². The molecule has 0 aliphatic carbocycles. The largest absolute Gasteiger partial charge is 0.373 e. The van der Waals surface area contributed by atoms with E-state index in [0.29, 0.717) is 5.92 Å². The van der Waals surface area contributed by atoms with Gasteiger partial charge in [-0.15, -0.1) is 0 Å². The summed E-state index contributed by atoms with van der Waals surface area (Å²) in [6, 6.07) is 0. The predicted molar refractivity (Wildman–Crippen MR) is 77.3 cm³/mol. The van der Waals surface area contributed by atoms with Crippen LogP contribution in [0.2, 0.25) is 0 Å². The van der Waals surface area contributed by atoms with Gasteiger partial charge in [0.1, 0.15) is 18.0 Å². The van der Waals surface area contributed by atoms with Crippen molar-refractivity contribution in [1.29, 1.82) is 0 Å². The van der Waals surface area contributed by atoms with Crippen molar-refractivity contribution in [2.24, 2.45) is 0 Å². The maximum absolute atomic E-state index is 4.35. The highest BCUT2D eigenvalue weighted by atomic mass is 15.1. The molecule has 18 heavy (non-hydrogen) atoms.